The first-order chi connectivity index (χ1) is 10.4. The highest BCUT2D eigenvalue weighted by atomic mass is 16.5. The number of hydrogen-bond acceptors (Lipinski definition) is 3. The molecule has 0 aliphatic rings. The third kappa shape index (κ3) is 4.51. The molecule has 1 unspecified atom stereocenters. The van der Waals surface area contributed by atoms with Gasteiger partial charge in [0, 0.05) is 30.8 Å². The van der Waals surface area contributed by atoms with Crippen molar-refractivity contribution in [2.24, 2.45) is 0 Å². The lowest BCUT2D eigenvalue weighted by molar-refractivity contribution is 0.124. The molecule has 0 aliphatic heterocycles. The molecule has 114 valence electrons. The fourth-order valence-electron chi connectivity index (χ4n) is 2.56. The summed E-state index contributed by atoms with van der Waals surface area (Å²) in [5.41, 5.74) is 2.39. The summed E-state index contributed by atoms with van der Waals surface area (Å²) in [4.78, 5) is 4.46. The fourth-order valence-corrected chi connectivity index (χ4v) is 2.56. The first-order valence-electron chi connectivity index (χ1n) is 8.01. The van der Waals surface area contributed by atoms with Gasteiger partial charge in [-0.05, 0) is 43.5 Å². The Hall–Kier alpha value is -1.45. The lowest BCUT2D eigenvalue weighted by Gasteiger charge is -2.20. The Balaban J connectivity index is 2.17. The number of ether oxygens (including phenoxy) is 1. The van der Waals surface area contributed by atoms with Crippen molar-refractivity contribution < 1.29 is 4.74 Å². The van der Waals surface area contributed by atoms with E-state index >= 15 is 0 Å². The highest BCUT2D eigenvalue weighted by Gasteiger charge is 2.13. The molecular formula is C18H26N2O. The maximum Gasteiger partial charge on any atom is 0.0705 e. The number of hydrogen-bond donors (Lipinski definition) is 1. The van der Waals surface area contributed by atoms with E-state index in [1.165, 1.54) is 10.9 Å². The lowest BCUT2D eigenvalue weighted by Crippen LogP contribution is -2.24. The van der Waals surface area contributed by atoms with Crippen LogP contribution in [-0.4, -0.2) is 24.7 Å². The molecule has 0 aliphatic carbocycles. The molecular weight excluding hydrogens is 260 g/mol. The minimum absolute atomic E-state index is 0.328. The predicted molar refractivity (Wildman–Crippen MR) is 88.5 cm³/mol. The SMILES string of the molecule is CCCNC(CCOCCC)c1cccc2ncccc12. The van der Waals surface area contributed by atoms with Gasteiger partial charge in [-0.15, -0.1) is 0 Å². The van der Waals surface area contributed by atoms with Gasteiger partial charge < -0.3 is 10.1 Å². The Morgan fingerprint density at radius 1 is 1.10 bits per heavy atom. The second-order valence-electron chi connectivity index (χ2n) is 5.33. The molecule has 1 aromatic heterocycles. The summed E-state index contributed by atoms with van der Waals surface area (Å²) in [6.45, 7) is 7.00. The minimum atomic E-state index is 0.328. The molecule has 1 heterocycles. The fraction of sp³-hybridized carbons (Fsp3) is 0.500. The summed E-state index contributed by atoms with van der Waals surface area (Å²) in [6, 6.07) is 10.9. The van der Waals surface area contributed by atoms with Crippen LogP contribution in [0.1, 0.15) is 44.7 Å². The lowest BCUT2D eigenvalue weighted by atomic mass is 9.99. The van der Waals surface area contributed by atoms with Crippen molar-refractivity contribution in [3.8, 4) is 0 Å². The van der Waals surface area contributed by atoms with Crippen LogP contribution in [0.4, 0.5) is 0 Å². The van der Waals surface area contributed by atoms with Gasteiger partial charge in [-0.2, -0.15) is 0 Å². The summed E-state index contributed by atoms with van der Waals surface area (Å²) >= 11 is 0. The van der Waals surface area contributed by atoms with E-state index in [-0.39, 0.29) is 0 Å². The maximum atomic E-state index is 5.67. The number of benzene rings is 1. The standard InChI is InChI=1S/C18H26N2O/c1-3-11-19-18(10-14-21-13-4-2)15-7-5-9-17-16(15)8-6-12-20-17/h5-9,12,18-19H,3-4,10-11,13-14H2,1-2H3. The average molecular weight is 286 g/mol. The van der Waals surface area contributed by atoms with E-state index in [0.717, 1.165) is 44.5 Å². The molecule has 2 aromatic rings. The van der Waals surface area contributed by atoms with Crippen molar-refractivity contribution in [3.05, 3.63) is 42.1 Å². The molecule has 3 heteroatoms. The molecule has 1 N–H and O–H groups in total. The van der Waals surface area contributed by atoms with Crippen molar-refractivity contribution in [3.63, 3.8) is 0 Å². The summed E-state index contributed by atoms with van der Waals surface area (Å²) in [6.07, 6.45) is 5.06. The summed E-state index contributed by atoms with van der Waals surface area (Å²) in [5.74, 6) is 0. The largest absolute Gasteiger partial charge is 0.381 e. The van der Waals surface area contributed by atoms with E-state index in [1.807, 2.05) is 12.3 Å². The highest BCUT2D eigenvalue weighted by Crippen LogP contribution is 2.25. The summed E-state index contributed by atoms with van der Waals surface area (Å²) < 4.78 is 5.67. The van der Waals surface area contributed by atoms with Crippen LogP contribution in [0.25, 0.3) is 10.9 Å². The van der Waals surface area contributed by atoms with Gasteiger partial charge in [-0.3, -0.25) is 4.98 Å². The second-order valence-corrected chi connectivity index (χ2v) is 5.33. The Morgan fingerprint density at radius 2 is 2.00 bits per heavy atom. The smallest absolute Gasteiger partial charge is 0.0705 e. The number of nitrogens with one attached hydrogen (secondary N) is 1. The Labute approximate surface area is 127 Å². The normalized spacial score (nSPS) is 12.7. The van der Waals surface area contributed by atoms with Crippen molar-refractivity contribution in [1.29, 1.82) is 0 Å². The van der Waals surface area contributed by atoms with Crippen molar-refractivity contribution in [2.75, 3.05) is 19.8 Å². The molecule has 0 radical (unpaired) electrons. The monoisotopic (exact) mass is 286 g/mol. The molecule has 0 bridgehead atoms. The molecule has 1 atom stereocenters. The van der Waals surface area contributed by atoms with Gasteiger partial charge in [0.25, 0.3) is 0 Å². The number of nitrogens with zero attached hydrogens (tertiary/aromatic N) is 1. The molecule has 21 heavy (non-hydrogen) atoms. The van der Waals surface area contributed by atoms with Crippen molar-refractivity contribution in [1.82, 2.24) is 10.3 Å². The van der Waals surface area contributed by atoms with Crippen molar-refractivity contribution >= 4 is 10.9 Å². The number of pyridine rings is 1. The average Bonchev–Trinajstić information content (AvgIpc) is 2.54. The Kier molecular flexibility index (Phi) is 6.64. The van der Waals surface area contributed by atoms with Gasteiger partial charge in [0.15, 0.2) is 0 Å². The zero-order chi connectivity index (χ0) is 14.9. The Morgan fingerprint density at radius 3 is 2.81 bits per heavy atom. The van der Waals surface area contributed by atoms with Crippen LogP contribution in [0, 0.1) is 0 Å². The third-order valence-corrected chi connectivity index (χ3v) is 3.59. The van der Waals surface area contributed by atoms with Crippen molar-refractivity contribution in [2.45, 2.75) is 39.2 Å². The van der Waals surface area contributed by atoms with E-state index in [0.29, 0.717) is 6.04 Å². The topological polar surface area (TPSA) is 34.1 Å². The van der Waals surface area contributed by atoms with Gasteiger partial charge in [0.1, 0.15) is 0 Å². The first kappa shape index (κ1) is 15.9. The van der Waals surface area contributed by atoms with Gasteiger partial charge in [-0.25, -0.2) is 0 Å². The minimum Gasteiger partial charge on any atom is -0.381 e. The van der Waals surface area contributed by atoms with Crippen LogP contribution in [0.3, 0.4) is 0 Å². The summed E-state index contributed by atoms with van der Waals surface area (Å²) in [7, 11) is 0. The van der Waals surface area contributed by atoms with E-state index in [2.05, 4.69) is 48.4 Å². The molecule has 0 fully saturated rings. The zero-order valence-corrected chi connectivity index (χ0v) is 13.1. The molecule has 0 saturated heterocycles. The van der Waals surface area contributed by atoms with Crippen LogP contribution in [-0.2, 0) is 4.74 Å². The van der Waals surface area contributed by atoms with Crippen LogP contribution in [0.15, 0.2) is 36.5 Å². The van der Waals surface area contributed by atoms with Gasteiger partial charge >= 0.3 is 0 Å². The van der Waals surface area contributed by atoms with E-state index in [4.69, 9.17) is 4.74 Å². The van der Waals surface area contributed by atoms with Gasteiger partial charge in [-0.1, -0.05) is 32.0 Å². The molecule has 1 aromatic carbocycles. The molecule has 3 nitrogen and oxygen atoms in total. The van der Waals surface area contributed by atoms with E-state index in [1.54, 1.807) is 0 Å². The molecule has 0 amide bonds. The molecule has 0 spiro atoms. The maximum absolute atomic E-state index is 5.67. The van der Waals surface area contributed by atoms with Gasteiger partial charge in [0.2, 0.25) is 0 Å². The van der Waals surface area contributed by atoms with Crippen LogP contribution in [0.5, 0.6) is 0 Å². The number of aromatic nitrogens is 1. The van der Waals surface area contributed by atoms with Crippen LogP contribution >= 0.6 is 0 Å². The quantitative estimate of drug-likeness (QED) is 0.705. The number of fused-ring (bicyclic) bond motifs is 1. The third-order valence-electron chi connectivity index (χ3n) is 3.59. The van der Waals surface area contributed by atoms with Crippen LogP contribution in [0.2, 0.25) is 0 Å². The van der Waals surface area contributed by atoms with E-state index < -0.39 is 0 Å². The zero-order valence-electron chi connectivity index (χ0n) is 13.1. The first-order valence-corrected chi connectivity index (χ1v) is 8.01. The van der Waals surface area contributed by atoms with Gasteiger partial charge in [0.05, 0.1) is 5.52 Å². The summed E-state index contributed by atoms with van der Waals surface area (Å²) in [5, 5.41) is 4.89. The molecule has 0 saturated carbocycles. The second kappa shape index (κ2) is 8.75. The molecule has 2 rings (SSSR count). The van der Waals surface area contributed by atoms with E-state index in [9.17, 15) is 0 Å². The Bertz CT molecular complexity index is 536. The van der Waals surface area contributed by atoms with Crippen LogP contribution < -0.4 is 5.32 Å². The predicted octanol–water partition coefficient (Wildman–Crippen LogP) is 4.09. The highest BCUT2D eigenvalue weighted by molar-refractivity contribution is 5.82. The number of rotatable bonds is 9.